The van der Waals surface area contributed by atoms with Gasteiger partial charge in [0.15, 0.2) is 0 Å². The van der Waals surface area contributed by atoms with Gasteiger partial charge in [0.25, 0.3) is 5.91 Å². The van der Waals surface area contributed by atoms with Gasteiger partial charge < -0.3 is 10.4 Å². The normalized spacial score (nSPS) is 12.6. The Hall–Kier alpha value is -2.00. The third-order valence-corrected chi connectivity index (χ3v) is 5.19. The predicted molar refractivity (Wildman–Crippen MR) is 91.4 cm³/mol. The second-order valence-corrected chi connectivity index (χ2v) is 7.42. The van der Waals surface area contributed by atoms with Crippen LogP contribution in [0, 0.1) is 5.82 Å². The molecule has 0 saturated heterocycles. The number of halogens is 2. The zero-order valence-electron chi connectivity index (χ0n) is 13.2. The summed E-state index contributed by atoms with van der Waals surface area (Å²) in [5.74, 6) is -1.16. The van der Waals surface area contributed by atoms with E-state index in [2.05, 4.69) is 10.0 Å². The smallest absolute Gasteiger partial charge is 0.252 e. The summed E-state index contributed by atoms with van der Waals surface area (Å²) in [5, 5.41) is 12.5. The van der Waals surface area contributed by atoms with E-state index in [0.717, 1.165) is 12.1 Å². The molecule has 0 saturated carbocycles. The number of nitrogens with one attached hydrogen (secondary N) is 2. The molecule has 0 bridgehead atoms. The van der Waals surface area contributed by atoms with Gasteiger partial charge >= 0.3 is 0 Å². The lowest BCUT2D eigenvalue weighted by atomic mass is 10.1. The fourth-order valence-electron chi connectivity index (χ4n) is 2.08. The maximum Gasteiger partial charge on any atom is 0.252 e. The third kappa shape index (κ3) is 4.76. The molecule has 0 heterocycles. The topological polar surface area (TPSA) is 95.5 Å². The van der Waals surface area contributed by atoms with Gasteiger partial charge in [-0.05, 0) is 42.9 Å². The molecule has 3 N–H and O–H groups in total. The largest absolute Gasteiger partial charge is 0.387 e. The Morgan fingerprint density at radius 1 is 1.28 bits per heavy atom. The molecule has 2 aromatic carbocycles. The van der Waals surface area contributed by atoms with Gasteiger partial charge in [0, 0.05) is 6.54 Å². The van der Waals surface area contributed by atoms with Crippen LogP contribution in [0.1, 0.15) is 22.0 Å². The van der Waals surface area contributed by atoms with E-state index in [1.165, 1.54) is 37.4 Å². The highest BCUT2D eigenvalue weighted by Crippen LogP contribution is 2.21. The van der Waals surface area contributed by atoms with Crippen LogP contribution in [0.15, 0.2) is 47.4 Å². The molecule has 25 heavy (non-hydrogen) atoms. The van der Waals surface area contributed by atoms with Crippen LogP contribution >= 0.6 is 11.6 Å². The lowest BCUT2D eigenvalue weighted by Gasteiger charge is -2.13. The first-order valence-corrected chi connectivity index (χ1v) is 9.05. The number of aliphatic hydroxyl groups is 1. The standard InChI is InChI=1S/C16H16ClFN2O4S/c1-19-25(23,24)12-5-6-14(17)13(8-12)16(22)20-9-15(21)10-3-2-4-11(18)7-10/h2-8,15,19,21H,9H2,1H3,(H,20,22). The van der Waals surface area contributed by atoms with Gasteiger partial charge in [0.05, 0.1) is 21.6 Å². The van der Waals surface area contributed by atoms with E-state index in [0.29, 0.717) is 5.56 Å². The molecule has 9 heteroatoms. The van der Waals surface area contributed by atoms with Crippen LogP contribution in [0.2, 0.25) is 5.02 Å². The molecule has 1 unspecified atom stereocenters. The van der Waals surface area contributed by atoms with Crippen LogP contribution in [0.3, 0.4) is 0 Å². The predicted octanol–water partition coefficient (Wildman–Crippen LogP) is 1.85. The van der Waals surface area contributed by atoms with Crippen LogP contribution in [-0.4, -0.2) is 33.0 Å². The zero-order valence-corrected chi connectivity index (χ0v) is 14.7. The number of amides is 1. The molecule has 0 aromatic heterocycles. The van der Waals surface area contributed by atoms with Gasteiger partial charge in [-0.25, -0.2) is 17.5 Å². The second kappa shape index (κ2) is 7.92. The quantitative estimate of drug-likeness (QED) is 0.706. The maximum atomic E-state index is 13.2. The monoisotopic (exact) mass is 386 g/mol. The molecular formula is C16H16ClFN2O4S. The van der Waals surface area contributed by atoms with E-state index in [1.54, 1.807) is 0 Å². The van der Waals surface area contributed by atoms with Crippen molar-refractivity contribution in [2.75, 3.05) is 13.6 Å². The molecule has 0 radical (unpaired) electrons. The summed E-state index contributed by atoms with van der Waals surface area (Å²) >= 11 is 5.95. The molecule has 1 atom stereocenters. The summed E-state index contributed by atoms with van der Waals surface area (Å²) in [6.45, 7) is -0.193. The summed E-state index contributed by atoms with van der Waals surface area (Å²) in [6.07, 6.45) is -1.12. The molecule has 1 amide bonds. The van der Waals surface area contributed by atoms with Crippen molar-refractivity contribution in [3.05, 3.63) is 64.4 Å². The summed E-state index contributed by atoms with van der Waals surface area (Å²) in [6, 6.07) is 9.06. The first-order valence-electron chi connectivity index (χ1n) is 7.19. The number of benzene rings is 2. The zero-order chi connectivity index (χ0) is 18.6. The van der Waals surface area contributed by atoms with Crippen molar-refractivity contribution in [2.45, 2.75) is 11.0 Å². The van der Waals surface area contributed by atoms with E-state index >= 15 is 0 Å². The van der Waals surface area contributed by atoms with E-state index in [4.69, 9.17) is 11.6 Å². The number of carbonyl (C=O) groups is 1. The van der Waals surface area contributed by atoms with Crippen molar-refractivity contribution >= 4 is 27.5 Å². The van der Waals surface area contributed by atoms with Gasteiger partial charge in [-0.15, -0.1) is 0 Å². The van der Waals surface area contributed by atoms with Gasteiger partial charge in [-0.3, -0.25) is 4.79 Å². The summed E-state index contributed by atoms with van der Waals surface area (Å²) in [4.78, 5) is 12.1. The first kappa shape index (κ1) is 19.3. The Kier molecular flexibility index (Phi) is 6.12. The van der Waals surface area contributed by atoms with Crippen LogP contribution in [0.5, 0.6) is 0 Å². The van der Waals surface area contributed by atoms with Gasteiger partial charge in [-0.1, -0.05) is 23.7 Å². The second-order valence-electron chi connectivity index (χ2n) is 5.13. The van der Waals surface area contributed by atoms with Gasteiger partial charge in [0.2, 0.25) is 10.0 Å². The van der Waals surface area contributed by atoms with E-state index in [-0.39, 0.29) is 22.0 Å². The molecule has 0 spiro atoms. The third-order valence-electron chi connectivity index (χ3n) is 3.45. The van der Waals surface area contributed by atoms with Crippen LogP contribution in [0.4, 0.5) is 4.39 Å². The molecule has 0 aliphatic carbocycles. The van der Waals surface area contributed by atoms with Gasteiger partial charge in [-0.2, -0.15) is 0 Å². The van der Waals surface area contributed by atoms with Gasteiger partial charge in [0.1, 0.15) is 5.82 Å². The molecule has 2 aromatic rings. The number of hydrogen-bond acceptors (Lipinski definition) is 4. The Labute approximate surface area is 149 Å². The van der Waals surface area contributed by atoms with Crippen LogP contribution in [0.25, 0.3) is 0 Å². The van der Waals surface area contributed by atoms with Crippen LogP contribution < -0.4 is 10.0 Å². The molecular weight excluding hydrogens is 371 g/mol. The van der Waals surface area contributed by atoms with Crippen molar-refractivity contribution in [1.82, 2.24) is 10.0 Å². The SMILES string of the molecule is CNS(=O)(=O)c1ccc(Cl)c(C(=O)NCC(O)c2cccc(F)c2)c1. The number of carbonyl (C=O) groups excluding carboxylic acids is 1. The Morgan fingerprint density at radius 3 is 2.64 bits per heavy atom. The fourth-order valence-corrected chi connectivity index (χ4v) is 3.04. The highest BCUT2D eigenvalue weighted by atomic mass is 35.5. The highest BCUT2D eigenvalue weighted by Gasteiger charge is 2.18. The van der Waals surface area contributed by atoms with Crippen molar-refractivity contribution in [2.24, 2.45) is 0 Å². The molecule has 6 nitrogen and oxygen atoms in total. The number of hydrogen-bond donors (Lipinski definition) is 3. The van der Waals surface area contributed by atoms with Crippen LogP contribution in [-0.2, 0) is 10.0 Å². The Bertz CT molecular complexity index is 889. The molecule has 2 rings (SSSR count). The summed E-state index contributed by atoms with van der Waals surface area (Å²) in [5.41, 5.74) is 0.252. The minimum absolute atomic E-state index is 0.0515. The van der Waals surface area contributed by atoms with Crippen molar-refractivity contribution in [3.63, 3.8) is 0 Å². The van der Waals surface area contributed by atoms with Crippen molar-refractivity contribution in [3.8, 4) is 0 Å². The molecule has 0 aliphatic heterocycles. The minimum Gasteiger partial charge on any atom is -0.387 e. The van der Waals surface area contributed by atoms with Crippen molar-refractivity contribution in [1.29, 1.82) is 0 Å². The van der Waals surface area contributed by atoms with E-state index in [9.17, 15) is 22.7 Å². The highest BCUT2D eigenvalue weighted by molar-refractivity contribution is 7.89. The minimum atomic E-state index is -3.73. The summed E-state index contributed by atoms with van der Waals surface area (Å²) < 4.78 is 38.9. The first-order chi connectivity index (χ1) is 11.7. The maximum absolute atomic E-state index is 13.2. The average molecular weight is 387 g/mol. The summed E-state index contributed by atoms with van der Waals surface area (Å²) in [7, 11) is -2.48. The average Bonchev–Trinajstić information content (AvgIpc) is 2.59. The van der Waals surface area contributed by atoms with E-state index in [1.807, 2.05) is 0 Å². The lowest BCUT2D eigenvalue weighted by molar-refractivity contribution is 0.0916. The number of rotatable bonds is 6. The number of aliphatic hydroxyl groups excluding tert-OH is 1. The molecule has 0 aliphatic rings. The van der Waals surface area contributed by atoms with E-state index < -0.39 is 27.9 Å². The molecule has 0 fully saturated rings. The van der Waals surface area contributed by atoms with Crippen molar-refractivity contribution < 1.29 is 22.7 Å². The Balaban J connectivity index is 2.14. The fraction of sp³-hybridized carbons (Fsp3) is 0.188. The lowest BCUT2D eigenvalue weighted by Crippen LogP contribution is -2.29. The number of sulfonamides is 1. The molecule has 134 valence electrons. The Morgan fingerprint density at radius 2 is 2.00 bits per heavy atom.